The standard InChI is InChI=1S/C33H26F4N4O3S/c34-24-16-23(41-31(43)32(13-14-32)30(42)40-22-4-2-1-3-5-22)10-11-26(24)44-27-12-15-39-25-17-28(45-29(25)27)21-8-6-20(7-9-21)18-38-19-33(35,36)37/h1-12,15-17,38H,13-14,18-19H2,(H,40,42)(H,41,43). The van der Waals surface area contributed by atoms with E-state index in [0.717, 1.165) is 16.5 Å². The van der Waals surface area contributed by atoms with Crippen LogP contribution < -0.4 is 20.7 Å². The number of hydrogen-bond donors (Lipinski definition) is 3. The van der Waals surface area contributed by atoms with Crippen molar-refractivity contribution in [3.05, 3.63) is 103 Å². The van der Waals surface area contributed by atoms with Gasteiger partial charge in [0, 0.05) is 41.1 Å². The topological polar surface area (TPSA) is 92.4 Å². The van der Waals surface area contributed by atoms with Crippen LogP contribution in [-0.4, -0.2) is 29.5 Å². The Morgan fingerprint density at radius 3 is 2.24 bits per heavy atom. The van der Waals surface area contributed by atoms with Gasteiger partial charge < -0.3 is 20.7 Å². The van der Waals surface area contributed by atoms with Gasteiger partial charge in [-0.25, -0.2) is 4.39 Å². The van der Waals surface area contributed by atoms with E-state index >= 15 is 4.39 Å². The van der Waals surface area contributed by atoms with E-state index in [2.05, 4.69) is 20.9 Å². The van der Waals surface area contributed by atoms with Gasteiger partial charge >= 0.3 is 6.18 Å². The summed E-state index contributed by atoms with van der Waals surface area (Å²) in [7, 11) is 0. The first kappa shape index (κ1) is 30.2. The zero-order valence-electron chi connectivity index (χ0n) is 23.6. The average Bonchev–Trinajstić information content (AvgIpc) is 3.72. The molecule has 1 fully saturated rings. The number of alkyl halides is 3. The van der Waals surface area contributed by atoms with Crippen LogP contribution in [0.5, 0.6) is 11.5 Å². The lowest BCUT2D eigenvalue weighted by Crippen LogP contribution is -2.35. The number of halogens is 4. The molecule has 7 nitrogen and oxygen atoms in total. The highest BCUT2D eigenvalue weighted by Gasteiger charge is 2.56. The Hall–Kier alpha value is -4.81. The third-order valence-corrected chi connectivity index (χ3v) is 8.52. The average molecular weight is 635 g/mol. The summed E-state index contributed by atoms with van der Waals surface area (Å²) in [4.78, 5) is 31.1. The number of aromatic nitrogens is 1. The number of fused-ring (bicyclic) bond motifs is 1. The largest absolute Gasteiger partial charge is 0.453 e. The van der Waals surface area contributed by atoms with Gasteiger partial charge in [0.2, 0.25) is 11.8 Å². The summed E-state index contributed by atoms with van der Waals surface area (Å²) in [6.45, 7) is -0.976. The Bertz CT molecular complexity index is 1860. The predicted octanol–water partition coefficient (Wildman–Crippen LogP) is 7.90. The molecule has 0 saturated heterocycles. The highest BCUT2D eigenvalue weighted by atomic mass is 32.1. The minimum atomic E-state index is -4.27. The molecule has 3 N–H and O–H groups in total. The molecule has 5 aromatic rings. The number of amides is 2. The second kappa shape index (κ2) is 12.3. The van der Waals surface area contributed by atoms with E-state index in [-0.39, 0.29) is 18.0 Å². The van der Waals surface area contributed by atoms with Crippen molar-refractivity contribution in [2.24, 2.45) is 5.41 Å². The molecule has 6 rings (SSSR count). The van der Waals surface area contributed by atoms with Crippen LogP contribution in [-0.2, 0) is 16.1 Å². The Balaban J connectivity index is 1.12. The highest BCUT2D eigenvalue weighted by Crippen LogP contribution is 2.48. The quantitative estimate of drug-likeness (QED) is 0.107. The molecule has 0 spiro atoms. The number of hydrogen-bond acceptors (Lipinski definition) is 6. The van der Waals surface area contributed by atoms with Gasteiger partial charge in [0.1, 0.15) is 11.2 Å². The van der Waals surface area contributed by atoms with Gasteiger partial charge in [-0.05, 0) is 54.3 Å². The zero-order chi connectivity index (χ0) is 31.6. The molecule has 0 aliphatic heterocycles. The monoisotopic (exact) mass is 634 g/mol. The molecule has 12 heteroatoms. The van der Waals surface area contributed by atoms with Crippen LogP contribution in [0.1, 0.15) is 18.4 Å². The Kier molecular flexibility index (Phi) is 8.26. The number of rotatable bonds is 10. The van der Waals surface area contributed by atoms with E-state index in [1.54, 1.807) is 48.7 Å². The summed E-state index contributed by atoms with van der Waals surface area (Å²) in [6, 6.07) is 23.5. The van der Waals surface area contributed by atoms with Crippen molar-refractivity contribution in [3.8, 4) is 21.9 Å². The van der Waals surface area contributed by atoms with E-state index < -0.39 is 35.8 Å². The molecule has 0 atom stereocenters. The number of pyridine rings is 1. The summed E-state index contributed by atoms with van der Waals surface area (Å²) < 4.78 is 59.0. The maximum absolute atomic E-state index is 15.2. The van der Waals surface area contributed by atoms with Crippen molar-refractivity contribution in [2.45, 2.75) is 25.6 Å². The molecular weight excluding hydrogens is 608 g/mol. The van der Waals surface area contributed by atoms with E-state index in [0.29, 0.717) is 40.1 Å². The number of benzene rings is 3. The normalized spacial score (nSPS) is 13.8. The third-order valence-electron chi connectivity index (χ3n) is 7.33. The number of anilines is 2. The number of ether oxygens (including phenoxy) is 1. The first-order valence-electron chi connectivity index (χ1n) is 14.0. The Morgan fingerprint density at radius 2 is 1.58 bits per heavy atom. The fourth-order valence-electron chi connectivity index (χ4n) is 4.76. The van der Waals surface area contributed by atoms with Crippen LogP contribution in [0.4, 0.5) is 28.9 Å². The van der Waals surface area contributed by atoms with Crippen molar-refractivity contribution >= 4 is 44.7 Å². The molecule has 0 unspecified atom stereocenters. The third kappa shape index (κ3) is 6.97. The predicted molar refractivity (Wildman–Crippen MR) is 165 cm³/mol. The van der Waals surface area contributed by atoms with Crippen LogP contribution in [0.25, 0.3) is 20.7 Å². The smallest absolute Gasteiger partial charge is 0.401 e. The molecule has 2 aromatic heterocycles. The molecule has 45 heavy (non-hydrogen) atoms. The second-order valence-electron chi connectivity index (χ2n) is 10.7. The van der Waals surface area contributed by atoms with Crippen molar-refractivity contribution in [2.75, 3.05) is 17.2 Å². The van der Waals surface area contributed by atoms with Crippen molar-refractivity contribution < 1.29 is 31.9 Å². The molecular formula is C33H26F4N4O3S. The van der Waals surface area contributed by atoms with Gasteiger partial charge in [-0.1, -0.05) is 42.5 Å². The number of para-hydroxylation sites is 1. The highest BCUT2D eigenvalue weighted by molar-refractivity contribution is 7.22. The molecule has 1 aliphatic carbocycles. The van der Waals surface area contributed by atoms with E-state index in [1.165, 1.54) is 23.5 Å². The molecule has 230 valence electrons. The number of carbonyl (C=O) groups excluding carboxylic acids is 2. The van der Waals surface area contributed by atoms with Crippen LogP contribution in [0, 0.1) is 11.2 Å². The molecule has 0 radical (unpaired) electrons. The first-order valence-corrected chi connectivity index (χ1v) is 14.8. The van der Waals surface area contributed by atoms with E-state index in [4.69, 9.17) is 4.74 Å². The molecule has 2 heterocycles. The van der Waals surface area contributed by atoms with E-state index in [9.17, 15) is 22.8 Å². The number of nitrogens with one attached hydrogen (secondary N) is 3. The second-order valence-corrected chi connectivity index (χ2v) is 11.7. The molecule has 1 aliphatic rings. The van der Waals surface area contributed by atoms with Crippen LogP contribution >= 0.6 is 11.3 Å². The van der Waals surface area contributed by atoms with Crippen LogP contribution in [0.15, 0.2) is 91.1 Å². The number of nitrogens with zero attached hydrogens (tertiary/aromatic N) is 1. The number of thiophene rings is 1. The summed E-state index contributed by atoms with van der Waals surface area (Å²) in [5.74, 6) is -1.29. The Labute approximate surface area is 259 Å². The van der Waals surface area contributed by atoms with Gasteiger partial charge in [0.25, 0.3) is 0 Å². The summed E-state index contributed by atoms with van der Waals surface area (Å²) in [5.41, 5.74) is 1.77. The lowest BCUT2D eigenvalue weighted by molar-refractivity contribution is -0.131. The summed E-state index contributed by atoms with van der Waals surface area (Å²) >= 11 is 1.38. The maximum Gasteiger partial charge on any atom is 0.401 e. The molecule has 0 bridgehead atoms. The maximum atomic E-state index is 15.2. The zero-order valence-corrected chi connectivity index (χ0v) is 24.4. The lowest BCUT2D eigenvalue weighted by atomic mass is 10.0. The lowest BCUT2D eigenvalue weighted by Gasteiger charge is -2.16. The van der Waals surface area contributed by atoms with Gasteiger partial charge in [-0.15, -0.1) is 11.3 Å². The van der Waals surface area contributed by atoms with Crippen molar-refractivity contribution in [3.63, 3.8) is 0 Å². The van der Waals surface area contributed by atoms with Gasteiger partial charge in [0.15, 0.2) is 11.6 Å². The molecule has 3 aromatic carbocycles. The van der Waals surface area contributed by atoms with Crippen molar-refractivity contribution in [1.82, 2.24) is 10.3 Å². The molecule has 2 amide bonds. The first-order chi connectivity index (χ1) is 21.6. The molecule has 1 saturated carbocycles. The van der Waals surface area contributed by atoms with Crippen molar-refractivity contribution in [1.29, 1.82) is 0 Å². The van der Waals surface area contributed by atoms with Crippen LogP contribution in [0.3, 0.4) is 0 Å². The fourth-order valence-corrected chi connectivity index (χ4v) is 5.83. The fraction of sp³-hybridized carbons (Fsp3) is 0.182. The van der Waals surface area contributed by atoms with E-state index in [1.807, 2.05) is 24.3 Å². The minimum Gasteiger partial charge on any atom is -0.453 e. The van der Waals surface area contributed by atoms with Gasteiger partial charge in [0.05, 0.1) is 16.8 Å². The number of carbonyl (C=O) groups is 2. The van der Waals surface area contributed by atoms with Gasteiger partial charge in [-0.3, -0.25) is 14.6 Å². The summed E-state index contributed by atoms with van der Waals surface area (Å²) in [6.07, 6.45) is -1.94. The van der Waals surface area contributed by atoms with Crippen LogP contribution in [0.2, 0.25) is 0 Å². The van der Waals surface area contributed by atoms with Gasteiger partial charge in [-0.2, -0.15) is 13.2 Å². The minimum absolute atomic E-state index is 0.0610. The summed E-state index contributed by atoms with van der Waals surface area (Å²) in [5, 5.41) is 7.80. The SMILES string of the molecule is O=C(Nc1ccccc1)C1(C(=O)Nc2ccc(Oc3ccnc4cc(-c5ccc(CNCC(F)(F)F)cc5)sc34)c(F)c2)CC1. The Morgan fingerprint density at radius 1 is 0.867 bits per heavy atom.